The third-order valence-electron chi connectivity index (χ3n) is 4.39. The summed E-state index contributed by atoms with van der Waals surface area (Å²) in [6.07, 6.45) is 3.23. The van der Waals surface area contributed by atoms with Gasteiger partial charge in [-0.25, -0.2) is 0 Å². The van der Waals surface area contributed by atoms with Crippen LogP contribution in [0.3, 0.4) is 0 Å². The van der Waals surface area contributed by atoms with Crippen LogP contribution in [0.1, 0.15) is 60.8 Å². The molecule has 4 heteroatoms. The molecule has 0 saturated carbocycles. The summed E-state index contributed by atoms with van der Waals surface area (Å²) in [5, 5.41) is 0.173. The maximum atomic E-state index is 10.6. The molecule has 0 amide bonds. The summed E-state index contributed by atoms with van der Waals surface area (Å²) in [7, 11) is -1.82. The molecule has 0 bridgehead atoms. The summed E-state index contributed by atoms with van der Waals surface area (Å²) in [4.78, 5) is 10.6. The highest BCUT2D eigenvalue weighted by Gasteiger charge is 2.39. The predicted molar refractivity (Wildman–Crippen MR) is 87.7 cm³/mol. The minimum Gasteiger partial charge on any atom is -0.412 e. The van der Waals surface area contributed by atoms with E-state index < -0.39 is 8.32 Å². The first-order valence-corrected chi connectivity index (χ1v) is 10.6. The fourth-order valence-electron chi connectivity index (χ4n) is 1.44. The van der Waals surface area contributed by atoms with E-state index in [9.17, 15) is 4.79 Å². The zero-order valence-electron chi connectivity index (χ0n) is 14.7. The summed E-state index contributed by atoms with van der Waals surface area (Å²) in [5.41, 5.74) is -0.129. The largest absolute Gasteiger partial charge is 0.412 e. The number of aldehydes is 1. The second-order valence-electron chi connectivity index (χ2n) is 7.67. The molecular weight excluding hydrogens is 268 g/mol. The predicted octanol–water partition coefficient (Wildman–Crippen LogP) is 4.56. The van der Waals surface area contributed by atoms with Gasteiger partial charge in [0.2, 0.25) is 0 Å². The van der Waals surface area contributed by atoms with Gasteiger partial charge in [-0.1, -0.05) is 27.7 Å². The minimum atomic E-state index is -1.82. The highest BCUT2D eigenvalue weighted by atomic mass is 28.4. The van der Waals surface area contributed by atoms with Crippen LogP contribution < -0.4 is 0 Å². The lowest BCUT2D eigenvalue weighted by atomic mass is 10.1. The Morgan fingerprint density at radius 3 is 2.10 bits per heavy atom. The van der Waals surface area contributed by atoms with Crippen molar-refractivity contribution in [2.75, 3.05) is 6.61 Å². The zero-order chi connectivity index (χ0) is 16.0. The number of hydrogen-bond acceptors (Lipinski definition) is 3. The van der Waals surface area contributed by atoms with E-state index in [1.54, 1.807) is 0 Å². The Morgan fingerprint density at radius 2 is 1.70 bits per heavy atom. The molecule has 0 rings (SSSR count). The van der Waals surface area contributed by atoms with Gasteiger partial charge in [0, 0.05) is 6.42 Å². The van der Waals surface area contributed by atoms with E-state index in [4.69, 9.17) is 9.16 Å². The van der Waals surface area contributed by atoms with Crippen molar-refractivity contribution in [2.45, 2.75) is 90.6 Å². The van der Waals surface area contributed by atoms with Gasteiger partial charge in [-0.15, -0.1) is 0 Å². The number of carbonyl (C=O) groups is 1. The molecule has 0 aliphatic carbocycles. The third-order valence-corrected chi connectivity index (χ3v) is 8.92. The monoisotopic (exact) mass is 302 g/mol. The smallest absolute Gasteiger partial charge is 0.192 e. The molecule has 0 radical (unpaired) electrons. The van der Waals surface area contributed by atoms with Crippen LogP contribution in [-0.2, 0) is 14.0 Å². The van der Waals surface area contributed by atoms with Gasteiger partial charge >= 0.3 is 0 Å². The number of ether oxygens (including phenoxy) is 1. The first kappa shape index (κ1) is 19.8. The molecule has 0 spiro atoms. The van der Waals surface area contributed by atoms with E-state index in [1.165, 1.54) is 0 Å². The van der Waals surface area contributed by atoms with E-state index in [2.05, 4.69) is 54.6 Å². The van der Waals surface area contributed by atoms with E-state index in [1.807, 2.05) is 0 Å². The molecule has 0 saturated heterocycles. The van der Waals surface area contributed by atoms with Gasteiger partial charge in [0.15, 0.2) is 8.32 Å². The second-order valence-corrected chi connectivity index (χ2v) is 12.4. The van der Waals surface area contributed by atoms with Crippen molar-refractivity contribution in [3.63, 3.8) is 0 Å². The fourth-order valence-corrected chi connectivity index (χ4v) is 2.82. The summed E-state index contributed by atoms with van der Waals surface area (Å²) in [5.74, 6) is 0. The van der Waals surface area contributed by atoms with Gasteiger partial charge in [-0.05, 0) is 44.8 Å². The first-order chi connectivity index (χ1) is 8.95. The average Bonchev–Trinajstić information content (AvgIpc) is 2.31. The van der Waals surface area contributed by atoms with Crippen molar-refractivity contribution in [1.82, 2.24) is 0 Å². The Kier molecular flexibility index (Phi) is 7.64. The van der Waals surface area contributed by atoms with Gasteiger partial charge in [0.05, 0.1) is 18.3 Å². The molecule has 0 heterocycles. The van der Waals surface area contributed by atoms with Crippen molar-refractivity contribution in [2.24, 2.45) is 0 Å². The molecule has 3 nitrogen and oxygen atoms in total. The normalized spacial score (nSPS) is 15.2. The van der Waals surface area contributed by atoms with Crippen molar-refractivity contribution >= 4 is 14.6 Å². The van der Waals surface area contributed by atoms with Gasteiger partial charge in [0.25, 0.3) is 0 Å². The Balaban J connectivity index is 4.68. The molecule has 0 aromatic rings. The van der Waals surface area contributed by atoms with Crippen molar-refractivity contribution in [1.29, 1.82) is 0 Å². The van der Waals surface area contributed by atoms with Gasteiger partial charge < -0.3 is 14.0 Å². The highest BCUT2D eigenvalue weighted by molar-refractivity contribution is 6.74. The molecule has 0 unspecified atom stereocenters. The highest BCUT2D eigenvalue weighted by Crippen LogP contribution is 2.37. The summed E-state index contributed by atoms with van der Waals surface area (Å²) in [6, 6.07) is 0. The quantitative estimate of drug-likeness (QED) is 0.462. The van der Waals surface area contributed by atoms with Crippen molar-refractivity contribution < 1.29 is 14.0 Å². The lowest BCUT2D eigenvalue weighted by Gasteiger charge is -2.40. The van der Waals surface area contributed by atoms with Crippen LogP contribution >= 0.6 is 0 Å². The van der Waals surface area contributed by atoms with Crippen LogP contribution in [0.2, 0.25) is 18.1 Å². The average molecular weight is 303 g/mol. The van der Waals surface area contributed by atoms with Crippen LogP contribution in [0, 0.1) is 0 Å². The Bertz CT molecular complexity index is 293. The zero-order valence-corrected chi connectivity index (χ0v) is 15.7. The molecule has 120 valence electrons. The Labute approximate surface area is 126 Å². The Hall–Kier alpha value is -0.193. The fraction of sp³-hybridized carbons (Fsp3) is 0.938. The van der Waals surface area contributed by atoms with Crippen LogP contribution in [0.15, 0.2) is 0 Å². The summed E-state index contributed by atoms with van der Waals surface area (Å²) < 4.78 is 12.4. The van der Waals surface area contributed by atoms with E-state index in [0.717, 1.165) is 19.1 Å². The van der Waals surface area contributed by atoms with Gasteiger partial charge in [-0.2, -0.15) is 0 Å². The van der Waals surface area contributed by atoms with Crippen LogP contribution in [0.4, 0.5) is 0 Å². The maximum absolute atomic E-state index is 10.6. The molecule has 0 aromatic heterocycles. The van der Waals surface area contributed by atoms with Gasteiger partial charge in [-0.3, -0.25) is 0 Å². The van der Waals surface area contributed by atoms with Crippen LogP contribution in [-0.4, -0.2) is 32.9 Å². The maximum Gasteiger partial charge on any atom is 0.192 e. The molecule has 1 atom stereocenters. The number of hydrogen-bond donors (Lipinski definition) is 0. The SMILES string of the molecule is CCC(C)(C)OC[C@H](CCC=O)O[Si](C)(C)C(C)(C)C. The van der Waals surface area contributed by atoms with E-state index >= 15 is 0 Å². The first-order valence-electron chi connectivity index (χ1n) is 7.70. The topological polar surface area (TPSA) is 35.5 Å². The van der Waals surface area contributed by atoms with Crippen LogP contribution in [0.5, 0.6) is 0 Å². The van der Waals surface area contributed by atoms with Crippen molar-refractivity contribution in [3.8, 4) is 0 Å². The standard InChI is InChI=1S/C16H34O3Si/c1-9-16(5,6)18-13-14(11-10-12-17)19-20(7,8)15(2,3)4/h12,14H,9-11,13H2,1-8H3/t14-/m0/s1. The van der Waals surface area contributed by atoms with Gasteiger partial charge in [0.1, 0.15) is 6.29 Å². The number of rotatable bonds is 9. The van der Waals surface area contributed by atoms with E-state index in [-0.39, 0.29) is 16.7 Å². The van der Waals surface area contributed by atoms with Crippen LogP contribution in [0.25, 0.3) is 0 Å². The molecule has 0 N–H and O–H groups in total. The molecule has 0 aromatic carbocycles. The number of carbonyl (C=O) groups excluding carboxylic acids is 1. The lowest BCUT2D eigenvalue weighted by Crippen LogP contribution is -2.45. The lowest BCUT2D eigenvalue weighted by molar-refractivity contribution is -0.108. The molecule has 20 heavy (non-hydrogen) atoms. The summed E-state index contributed by atoms with van der Waals surface area (Å²) in [6.45, 7) is 18.0. The third kappa shape index (κ3) is 7.00. The molecular formula is C16H34O3Si. The van der Waals surface area contributed by atoms with E-state index in [0.29, 0.717) is 13.0 Å². The van der Waals surface area contributed by atoms with Crippen molar-refractivity contribution in [3.05, 3.63) is 0 Å². The molecule has 0 aliphatic rings. The molecule has 0 aliphatic heterocycles. The molecule has 0 fully saturated rings. The minimum absolute atomic E-state index is 0.0203. The summed E-state index contributed by atoms with van der Waals surface area (Å²) >= 11 is 0. The Morgan fingerprint density at radius 1 is 1.15 bits per heavy atom. The second kappa shape index (κ2) is 7.71.